The van der Waals surface area contributed by atoms with Crippen LogP contribution in [0.5, 0.6) is 5.75 Å². The lowest BCUT2D eigenvalue weighted by Gasteiger charge is -2.13. The van der Waals surface area contributed by atoms with Crippen LogP contribution in [0.25, 0.3) is 0 Å². The van der Waals surface area contributed by atoms with Gasteiger partial charge in [0, 0.05) is 0 Å². The molecule has 9 heteroatoms. The Morgan fingerprint density at radius 2 is 1.88 bits per heavy atom. The van der Waals surface area contributed by atoms with Crippen molar-refractivity contribution in [3.63, 3.8) is 0 Å². The average Bonchev–Trinajstić information content (AvgIpc) is 2.10. The van der Waals surface area contributed by atoms with Crippen LogP contribution in [0.3, 0.4) is 0 Å². The molecule has 0 spiro atoms. The molecule has 0 saturated carbocycles. The second-order valence-corrected chi connectivity index (χ2v) is 3.22. The highest BCUT2D eigenvalue weighted by Gasteiger charge is 2.32. The molecule has 0 aliphatic heterocycles. The Bertz CT molecular complexity index is 399. The van der Waals surface area contributed by atoms with Gasteiger partial charge in [-0.3, -0.25) is 0 Å². The zero-order chi connectivity index (χ0) is 12.5. The largest absolute Gasteiger partial charge is 0.707 e. The van der Waals surface area contributed by atoms with Gasteiger partial charge in [0.15, 0.2) is 0 Å². The van der Waals surface area contributed by atoms with Crippen LogP contribution >= 0.6 is 11.6 Å². The Labute approximate surface area is 93.6 Å². The molecule has 0 fully saturated rings. The van der Waals surface area contributed by atoms with Gasteiger partial charge in [0.1, 0.15) is 5.75 Å². The van der Waals surface area contributed by atoms with Gasteiger partial charge in [0.05, 0.1) is 16.3 Å². The molecule has 1 aromatic carbocycles. The molecule has 1 aromatic rings. The Morgan fingerprint density at radius 3 is 2.31 bits per heavy atom. The fourth-order valence-corrected chi connectivity index (χ4v) is 1.18. The first-order valence-electron chi connectivity index (χ1n) is 3.91. The molecule has 0 saturated heterocycles. The van der Waals surface area contributed by atoms with Crippen molar-refractivity contribution < 1.29 is 27.9 Å². The van der Waals surface area contributed by atoms with Crippen molar-refractivity contribution in [2.75, 3.05) is 5.73 Å². The summed E-state index contributed by atoms with van der Waals surface area (Å²) >= 11 is 5.44. The predicted molar refractivity (Wildman–Crippen MR) is 51.7 cm³/mol. The number of rotatable bonds is 2. The van der Waals surface area contributed by atoms with E-state index in [1.54, 1.807) is 0 Å². The van der Waals surface area contributed by atoms with Gasteiger partial charge in [-0.25, -0.2) is 0 Å². The van der Waals surface area contributed by atoms with Crippen molar-refractivity contribution >= 4 is 24.6 Å². The zero-order valence-corrected chi connectivity index (χ0v) is 8.38. The third kappa shape index (κ3) is 2.94. The van der Waals surface area contributed by atoms with Crippen LogP contribution in [-0.4, -0.2) is 17.4 Å². The second kappa shape index (κ2) is 4.40. The van der Waals surface area contributed by atoms with Gasteiger partial charge in [-0.2, -0.15) is 13.2 Å². The highest BCUT2D eigenvalue weighted by Crippen LogP contribution is 2.38. The van der Waals surface area contributed by atoms with Crippen molar-refractivity contribution in [3.05, 3.63) is 22.7 Å². The van der Waals surface area contributed by atoms with Crippen LogP contribution < -0.4 is 10.4 Å². The number of alkyl halides is 3. The molecule has 0 bridgehead atoms. The lowest BCUT2D eigenvalue weighted by atomic mass is 10.1. The number of nitrogen functional groups attached to an aromatic ring is 1. The summed E-state index contributed by atoms with van der Waals surface area (Å²) in [6.07, 6.45) is -4.63. The number of halogens is 4. The average molecular weight is 255 g/mol. The standard InChI is InChI=1S/C7H6BClF3NO3/c9-4-1-3(7(10,11)12)2-5(6(4)13)16-8(14)15/h1-2,14-15H,13H2. The molecular formula is C7H6BClF3NO3. The molecule has 0 atom stereocenters. The third-order valence-electron chi connectivity index (χ3n) is 1.65. The number of benzene rings is 1. The molecule has 0 aliphatic rings. The number of hydrogen-bond donors (Lipinski definition) is 3. The first-order chi connectivity index (χ1) is 7.21. The normalized spacial score (nSPS) is 11.4. The highest BCUT2D eigenvalue weighted by molar-refractivity contribution is 6.35. The Kier molecular flexibility index (Phi) is 3.56. The van der Waals surface area contributed by atoms with Crippen molar-refractivity contribution in [2.24, 2.45) is 0 Å². The first kappa shape index (κ1) is 13.0. The Morgan fingerprint density at radius 1 is 1.31 bits per heavy atom. The highest BCUT2D eigenvalue weighted by atomic mass is 35.5. The molecule has 0 aromatic heterocycles. The van der Waals surface area contributed by atoms with E-state index in [-0.39, 0.29) is 10.7 Å². The summed E-state index contributed by atoms with van der Waals surface area (Å²) in [7, 11) is -2.28. The molecule has 4 nitrogen and oxygen atoms in total. The van der Waals surface area contributed by atoms with Gasteiger partial charge in [0.2, 0.25) is 0 Å². The van der Waals surface area contributed by atoms with Gasteiger partial charge in [-0.15, -0.1) is 0 Å². The molecule has 4 N–H and O–H groups in total. The van der Waals surface area contributed by atoms with Crippen LogP contribution in [0.2, 0.25) is 5.02 Å². The summed E-state index contributed by atoms with van der Waals surface area (Å²) in [6.45, 7) is 0. The number of nitrogens with two attached hydrogens (primary N) is 1. The monoisotopic (exact) mass is 255 g/mol. The van der Waals surface area contributed by atoms with Gasteiger partial charge >= 0.3 is 13.5 Å². The Hall–Kier alpha value is -1.12. The molecule has 88 valence electrons. The van der Waals surface area contributed by atoms with E-state index in [4.69, 9.17) is 27.4 Å². The van der Waals surface area contributed by atoms with Crippen molar-refractivity contribution in [1.82, 2.24) is 0 Å². The lowest BCUT2D eigenvalue weighted by molar-refractivity contribution is -0.137. The molecule has 0 amide bonds. The summed E-state index contributed by atoms with van der Waals surface area (Å²) < 4.78 is 41.3. The van der Waals surface area contributed by atoms with Crippen molar-refractivity contribution in [1.29, 1.82) is 0 Å². The van der Waals surface area contributed by atoms with Crippen molar-refractivity contribution in [2.45, 2.75) is 6.18 Å². The Balaban J connectivity index is 3.22. The second-order valence-electron chi connectivity index (χ2n) is 2.81. The van der Waals surface area contributed by atoms with Crippen LogP contribution in [0, 0.1) is 0 Å². The van der Waals surface area contributed by atoms with Gasteiger partial charge in [-0.05, 0) is 12.1 Å². The molecule has 16 heavy (non-hydrogen) atoms. The lowest BCUT2D eigenvalue weighted by Crippen LogP contribution is -2.21. The molecule has 0 radical (unpaired) electrons. The van der Waals surface area contributed by atoms with E-state index < -0.39 is 24.8 Å². The zero-order valence-electron chi connectivity index (χ0n) is 7.62. The molecule has 0 heterocycles. The number of hydrogen-bond acceptors (Lipinski definition) is 4. The van der Waals surface area contributed by atoms with Crippen LogP contribution in [0.4, 0.5) is 18.9 Å². The van der Waals surface area contributed by atoms with E-state index in [9.17, 15) is 13.2 Å². The van der Waals surface area contributed by atoms with Gasteiger partial charge < -0.3 is 20.4 Å². The van der Waals surface area contributed by atoms with Gasteiger partial charge in [-0.1, -0.05) is 11.6 Å². The maximum Gasteiger partial charge on any atom is 0.707 e. The van der Waals surface area contributed by atoms with E-state index in [2.05, 4.69) is 4.65 Å². The van der Waals surface area contributed by atoms with Crippen LogP contribution in [0.1, 0.15) is 5.56 Å². The van der Waals surface area contributed by atoms with E-state index in [0.29, 0.717) is 12.1 Å². The van der Waals surface area contributed by atoms with E-state index in [1.807, 2.05) is 0 Å². The van der Waals surface area contributed by atoms with Crippen LogP contribution in [0.15, 0.2) is 12.1 Å². The van der Waals surface area contributed by atoms with E-state index >= 15 is 0 Å². The third-order valence-corrected chi connectivity index (χ3v) is 1.96. The van der Waals surface area contributed by atoms with E-state index in [1.165, 1.54) is 0 Å². The smallest absolute Gasteiger partial charge is 0.510 e. The molecule has 0 aliphatic carbocycles. The minimum absolute atomic E-state index is 0.303. The quantitative estimate of drug-likeness (QED) is 0.550. The summed E-state index contributed by atoms with van der Waals surface area (Å²) in [5, 5.41) is 16.6. The van der Waals surface area contributed by atoms with Crippen molar-refractivity contribution in [3.8, 4) is 5.75 Å². The summed E-state index contributed by atoms with van der Waals surface area (Å²) in [5.41, 5.74) is 3.90. The molecular weight excluding hydrogens is 249 g/mol. The minimum Gasteiger partial charge on any atom is -0.510 e. The van der Waals surface area contributed by atoms with Crippen LogP contribution in [-0.2, 0) is 6.18 Å². The SMILES string of the molecule is Nc1c(Cl)cc(C(F)(F)F)cc1OB(O)O. The topological polar surface area (TPSA) is 75.7 Å². The molecule has 1 rings (SSSR count). The molecule has 0 unspecified atom stereocenters. The fourth-order valence-electron chi connectivity index (χ4n) is 0.967. The number of anilines is 1. The minimum atomic E-state index is -4.63. The van der Waals surface area contributed by atoms with E-state index in [0.717, 1.165) is 0 Å². The summed E-state index contributed by atoms with van der Waals surface area (Å²) in [6, 6.07) is 1.15. The first-order valence-corrected chi connectivity index (χ1v) is 4.28. The summed E-state index contributed by atoms with van der Waals surface area (Å²) in [4.78, 5) is 0. The van der Waals surface area contributed by atoms with Gasteiger partial charge in [0.25, 0.3) is 0 Å². The summed E-state index contributed by atoms with van der Waals surface area (Å²) in [5.74, 6) is -0.546. The maximum atomic E-state index is 12.3. The fraction of sp³-hybridized carbons (Fsp3) is 0.143. The maximum absolute atomic E-state index is 12.3. The predicted octanol–water partition coefficient (Wildman–Crippen LogP) is 1.29.